The zero-order valence-electron chi connectivity index (χ0n) is 15.9. The van der Waals surface area contributed by atoms with E-state index in [2.05, 4.69) is 59.1 Å². The Morgan fingerprint density at radius 3 is 2.44 bits per heavy atom. The standard InChI is InChI=1S/C20H24N4OS2/c1-4-14-9-7-10-15(5-2)18(14)21-17(25)13-27-20-23-22-19(24(20)6-3)16-11-8-12-26-16/h7-12H,4-6,13H2,1-3H3,(H,21,25). The molecule has 7 heteroatoms. The number of rotatable bonds is 8. The summed E-state index contributed by atoms with van der Waals surface area (Å²) in [4.78, 5) is 13.7. The van der Waals surface area contributed by atoms with Gasteiger partial charge in [0.15, 0.2) is 11.0 Å². The number of hydrogen-bond acceptors (Lipinski definition) is 5. The van der Waals surface area contributed by atoms with Crippen LogP contribution in [0.5, 0.6) is 0 Å². The number of nitrogens with zero attached hydrogens (tertiary/aromatic N) is 3. The lowest BCUT2D eigenvalue weighted by Crippen LogP contribution is -2.17. The molecular formula is C20H24N4OS2. The number of para-hydroxylation sites is 1. The van der Waals surface area contributed by atoms with E-state index in [0.29, 0.717) is 5.75 Å². The van der Waals surface area contributed by atoms with E-state index in [1.807, 2.05) is 17.5 Å². The number of nitrogens with one attached hydrogen (secondary N) is 1. The third-order valence-electron chi connectivity index (χ3n) is 4.37. The van der Waals surface area contributed by atoms with Crippen molar-refractivity contribution in [2.24, 2.45) is 0 Å². The Hall–Kier alpha value is -2.12. The molecule has 0 spiro atoms. The van der Waals surface area contributed by atoms with Crippen molar-refractivity contribution in [2.45, 2.75) is 45.3 Å². The first-order chi connectivity index (χ1) is 13.2. The number of amides is 1. The lowest BCUT2D eigenvalue weighted by atomic mass is 10.0. The molecular weight excluding hydrogens is 376 g/mol. The minimum absolute atomic E-state index is 0.0149. The van der Waals surface area contributed by atoms with Crippen LogP contribution in [-0.4, -0.2) is 26.4 Å². The summed E-state index contributed by atoms with van der Waals surface area (Å²) in [6.07, 6.45) is 1.79. The number of carbonyl (C=O) groups is 1. The van der Waals surface area contributed by atoms with E-state index in [9.17, 15) is 4.79 Å². The molecule has 0 saturated carbocycles. The van der Waals surface area contributed by atoms with Crippen LogP contribution in [0.4, 0.5) is 5.69 Å². The van der Waals surface area contributed by atoms with Crippen LogP contribution in [0.15, 0.2) is 40.9 Å². The number of anilines is 1. The van der Waals surface area contributed by atoms with E-state index in [4.69, 9.17) is 0 Å². The van der Waals surface area contributed by atoms with E-state index in [0.717, 1.165) is 40.9 Å². The van der Waals surface area contributed by atoms with Crippen molar-refractivity contribution in [1.29, 1.82) is 0 Å². The molecule has 1 N–H and O–H groups in total. The molecule has 1 aromatic carbocycles. The summed E-state index contributed by atoms with van der Waals surface area (Å²) in [6, 6.07) is 10.2. The third-order valence-corrected chi connectivity index (χ3v) is 6.20. The summed E-state index contributed by atoms with van der Waals surface area (Å²) in [5.41, 5.74) is 3.30. The number of thiophene rings is 1. The van der Waals surface area contributed by atoms with Crippen LogP contribution in [0.3, 0.4) is 0 Å². The van der Waals surface area contributed by atoms with Crippen molar-refractivity contribution in [2.75, 3.05) is 11.1 Å². The van der Waals surface area contributed by atoms with Crippen molar-refractivity contribution in [3.8, 4) is 10.7 Å². The molecule has 0 aliphatic rings. The maximum absolute atomic E-state index is 12.6. The Kier molecular flexibility index (Phi) is 6.68. The average Bonchev–Trinajstić information content (AvgIpc) is 3.35. The third kappa shape index (κ3) is 4.42. The monoisotopic (exact) mass is 400 g/mol. The van der Waals surface area contributed by atoms with Crippen LogP contribution in [0.25, 0.3) is 10.7 Å². The fourth-order valence-electron chi connectivity index (χ4n) is 2.98. The first-order valence-electron chi connectivity index (χ1n) is 9.18. The molecule has 0 bridgehead atoms. The SMILES string of the molecule is CCc1cccc(CC)c1NC(=O)CSc1nnc(-c2cccs2)n1CC. The van der Waals surface area contributed by atoms with Gasteiger partial charge >= 0.3 is 0 Å². The highest BCUT2D eigenvalue weighted by Gasteiger charge is 2.16. The summed E-state index contributed by atoms with van der Waals surface area (Å²) in [6.45, 7) is 7.04. The molecule has 2 aromatic heterocycles. The second kappa shape index (κ2) is 9.19. The van der Waals surface area contributed by atoms with Crippen LogP contribution in [-0.2, 0) is 24.2 Å². The van der Waals surface area contributed by atoms with E-state index in [1.165, 1.54) is 22.9 Å². The zero-order chi connectivity index (χ0) is 19.2. The number of aryl methyl sites for hydroxylation is 2. The van der Waals surface area contributed by atoms with Gasteiger partial charge in [-0.25, -0.2) is 0 Å². The van der Waals surface area contributed by atoms with Gasteiger partial charge in [-0.15, -0.1) is 21.5 Å². The zero-order valence-corrected chi connectivity index (χ0v) is 17.5. The van der Waals surface area contributed by atoms with Crippen molar-refractivity contribution in [3.63, 3.8) is 0 Å². The molecule has 27 heavy (non-hydrogen) atoms. The molecule has 3 aromatic rings. The van der Waals surface area contributed by atoms with Gasteiger partial charge in [0.05, 0.1) is 10.6 Å². The lowest BCUT2D eigenvalue weighted by molar-refractivity contribution is -0.113. The van der Waals surface area contributed by atoms with Gasteiger partial charge < -0.3 is 9.88 Å². The number of benzene rings is 1. The normalized spacial score (nSPS) is 10.9. The Morgan fingerprint density at radius 1 is 1.11 bits per heavy atom. The topological polar surface area (TPSA) is 59.8 Å². The Labute approximate surface area is 168 Å². The van der Waals surface area contributed by atoms with Crippen LogP contribution >= 0.6 is 23.1 Å². The van der Waals surface area contributed by atoms with Gasteiger partial charge in [-0.3, -0.25) is 4.79 Å². The average molecular weight is 401 g/mol. The first-order valence-corrected chi connectivity index (χ1v) is 11.0. The largest absolute Gasteiger partial charge is 0.325 e. The summed E-state index contributed by atoms with van der Waals surface area (Å²) in [7, 11) is 0. The van der Waals surface area contributed by atoms with Gasteiger partial charge in [-0.1, -0.05) is 49.9 Å². The maximum atomic E-state index is 12.6. The summed E-state index contributed by atoms with van der Waals surface area (Å²) in [5.74, 6) is 1.16. The predicted molar refractivity (Wildman–Crippen MR) is 114 cm³/mol. The molecule has 1 amide bonds. The van der Waals surface area contributed by atoms with Gasteiger partial charge in [0.1, 0.15) is 0 Å². The maximum Gasteiger partial charge on any atom is 0.234 e. The molecule has 0 atom stereocenters. The summed E-state index contributed by atoms with van der Waals surface area (Å²) >= 11 is 3.07. The highest BCUT2D eigenvalue weighted by atomic mass is 32.2. The molecule has 0 aliphatic heterocycles. The Morgan fingerprint density at radius 2 is 1.85 bits per heavy atom. The van der Waals surface area contributed by atoms with Crippen LogP contribution in [0, 0.1) is 0 Å². The highest BCUT2D eigenvalue weighted by Crippen LogP contribution is 2.28. The van der Waals surface area contributed by atoms with Gasteiger partial charge in [0.25, 0.3) is 0 Å². The van der Waals surface area contributed by atoms with E-state index >= 15 is 0 Å². The fraction of sp³-hybridized carbons (Fsp3) is 0.350. The summed E-state index contributed by atoms with van der Waals surface area (Å²) in [5, 5.41) is 14.5. The van der Waals surface area contributed by atoms with E-state index < -0.39 is 0 Å². The van der Waals surface area contributed by atoms with Gasteiger partial charge in [-0.05, 0) is 42.3 Å². The molecule has 0 unspecified atom stereocenters. The number of thioether (sulfide) groups is 1. The number of carbonyl (C=O) groups excluding carboxylic acids is 1. The quantitative estimate of drug-likeness (QED) is 0.547. The van der Waals surface area contributed by atoms with Crippen LogP contribution < -0.4 is 5.32 Å². The van der Waals surface area contributed by atoms with E-state index in [-0.39, 0.29) is 5.91 Å². The molecule has 5 nitrogen and oxygen atoms in total. The van der Waals surface area contributed by atoms with Crippen molar-refractivity contribution < 1.29 is 4.79 Å². The molecule has 0 aliphatic carbocycles. The number of hydrogen-bond donors (Lipinski definition) is 1. The van der Waals surface area contributed by atoms with Crippen molar-refractivity contribution in [1.82, 2.24) is 14.8 Å². The minimum atomic E-state index is -0.0149. The molecule has 0 fully saturated rings. The second-order valence-electron chi connectivity index (χ2n) is 6.02. The molecule has 142 valence electrons. The lowest BCUT2D eigenvalue weighted by Gasteiger charge is -2.14. The molecule has 0 radical (unpaired) electrons. The highest BCUT2D eigenvalue weighted by molar-refractivity contribution is 7.99. The van der Waals surface area contributed by atoms with Crippen LogP contribution in [0.1, 0.15) is 31.9 Å². The molecule has 0 saturated heterocycles. The van der Waals surface area contributed by atoms with E-state index in [1.54, 1.807) is 11.3 Å². The van der Waals surface area contributed by atoms with Crippen molar-refractivity contribution >= 4 is 34.7 Å². The summed E-state index contributed by atoms with van der Waals surface area (Å²) < 4.78 is 2.06. The second-order valence-corrected chi connectivity index (χ2v) is 7.91. The number of aromatic nitrogens is 3. The van der Waals surface area contributed by atoms with Gasteiger partial charge in [0, 0.05) is 12.2 Å². The molecule has 2 heterocycles. The minimum Gasteiger partial charge on any atom is -0.325 e. The van der Waals surface area contributed by atoms with Crippen molar-refractivity contribution in [3.05, 3.63) is 46.8 Å². The Balaban J connectivity index is 1.70. The smallest absolute Gasteiger partial charge is 0.234 e. The predicted octanol–water partition coefficient (Wildman–Crippen LogP) is 4.88. The Bertz CT molecular complexity index is 881. The molecule has 3 rings (SSSR count). The van der Waals surface area contributed by atoms with Gasteiger partial charge in [0.2, 0.25) is 5.91 Å². The first kappa shape index (κ1) is 19.6. The fourth-order valence-corrected chi connectivity index (χ4v) is 4.50. The van der Waals surface area contributed by atoms with Crippen LogP contribution in [0.2, 0.25) is 0 Å². The van der Waals surface area contributed by atoms with Gasteiger partial charge in [-0.2, -0.15) is 0 Å².